The molecule has 104 valence electrons. The minimum Gasteiger partial charge on any atom is -0.494 e. The van der Waals surface area contributed by atoms with Gasteiger partial charge in [-0.25, -0.2) is 0 Å². The van der Waals surface area contributed by atoms with Crippen molar-refractivity contribution in [2.45, 2.75) is 5.66 Å². The molecule has 1 saturated heterocycles. The number of nitrogens with zero attached hydrogens (tertiary/aromatic N) is 1. The standard InChI is InChI=1S/C12H16Cl2N4O/c1-18-6-16-10-7(12(18)4-15-5-17-12)3-8(13)11(19-2)9(10)14/h3,15-17H,4-6H2,1-2H3. The van der Waals surface area contributed by atoms with Crippen LogP contribution in [0, 0.1) is 0 Å². The molecule has 5 nitrogen and oxygen atoms in total. The van der Waals surface area contributed by atoms with Crippen molar-refractivity contribution in [3.05, 3.63) is 21.7 Å². The van der Waals surface area contributed by atoms with Crippen molar-refractivity contribution >= 4 is 28.9 Å². The summed E-state index contributed by atoms with van der Waals surface area (Å²) < 4.78 is 5.27. The zero-order valence-electron chi connectivity index (χ0n) is 10.8. The molecule has 3 N–H and O–H groups in total. The maximum Gasteiger partial charge on any atom is 0.158 e. The van der Waals surface area contributed by atoms with Gasteiger partial charge in [-0.2, -0.15) is 0 Å². The fourth-order valence-electron chi connectivity index (χ4n) is 2.80. The summed E-state index contributed by atoms with van der Waals surface area (Å²) in [7, 11) is 3.63. The first-order valence-electron chi connectivity index (χ1n) is 6.07. The second kappa shape index (κ2) is 4.68. The van der Waals surface area contributed by atoms with Gasteiger partial charge in [-0.3, -0.25) is 10.2 Å². The Morgan fingerprint density at radius 3 is 2.84 bits per heavy atom. The summed E-state index contributed by atoms with van der Waals surface area (Å²) in [6.07, 6.45) is 0. The minimum absolute atomic E-state index is 0.278. The van der Waals surface area contributed by atoms with Gasteiger partial charge < -0.3 is 15.4 Å². The predicted molar refractivity (Wildman–Crippen MR) is 77.0 cm³/mol. The van der Waals surface area contributed by atoms with E-state index in [9.17, 15) is 0 Å². The van der Waals surface area contributed by atoms with Crippen LogP contribution in [0.25, 0.3) is 0 Å². The van der Waals surface area contributed by atoms with Crippen LogP contribution in [0.1, 0.15) is 5.56 Å². The molecule has 0 saturated carbocycles. The van der Waals surface area contributed by atoms with E-state index in [1.165, 1.54) is 0 Å². The lowest BCUT2D eigenvalue weighted by Gasteiger charge is -2.44. The Hall–Kier alpha value is -0.720. The lowest BCUT2D eigenvalue weighted by Crippen LogP contribution is -2.57. The van der Waals surface area contributed by atoms with E-state index in [2.05, 4.69) is 27.9 Å². The molecule has 0 amide bonds. The molecule has 7 heteroatoms. The molecule has 0 radical (unpaired) electrons. The Bertz CT molecular complexity index is 517. The van der Waals surface area contributed by atoms with E-state index in [4.69, 9.17) is 27.9 Å². The molecule has 19 heavy (non-hydrogen) atoms. The Morgan fingerprint density at radius 1 is 1.42 bits per heavy atom. The minimum atomic E-state index is -0.278. The third kappa shape index (κ3) is 1.80. The van der Waals surface area contributed by atoms with Gasteiger partial charge >= 0.3 is 0 Å². The van der Waals surface area contributed by atoms with E-state index in [0.717, 1.165) is 24.5 Å². The Kier molecular flexibility index (Phi) is 3.27. The van der Waals surface area contributed by atoms with E-state index < -0.39 is 0 Å². The normalized spacial score (nSPS) is 26.3. The number of benzene rings is 1. The SMILES string of the molecule is COc1c(Cl)cc2c(c1Cl)NCN(C)C21CNCN1. The molecule has 1 atom stereocenters. The molecule has 0 bridgehead atoms. The van der Waals surface area contributed by atoms with Crippen LogP contribution in [0.4, 0.5) is 5.69 Å². The maximum absolute atomic E-state index is 6.40. The first-order valence-corrected chi connectivity index (χ1v) is 6.83. The predicted octanol–water partition coefficient (Wildman–Crippen LogP) is 1.62. The lowest BCUT2D eigenvalue weighted by molar-refractivity contribution is 0.114. The summed E-state index contributed by atoms with van der Waals surface area (Å²) in [5, 5.41) is 11.2. The molecule has 0 aromatic heterocycles. The van der Waals surface area contributed by atoms with Gasteiger partial charge in [0.1, 0.15) is 10.7 Å². The summed E-state index contributed by atoms with van der Waals surface area (Å²) in [4.78, 5) is 2.20. The van der Waals surface area contributed by atoms with Gasteiger partial charge in [0.2, 0.25) is 0 Å². The van der Waals surface area contributed by atoms with Crippen LogP contribution < -0.4 is 20.7 Å². The zero-order valence-corrected chi connectivity index (χ0v) is 12.3. The molecule has 2 aliphatic rings. The average Bonchev–Trinajstić information content (AvgIpc) is 2.86. The molecule has 1 aromatic rings. The smallest absolute Gasteiger partial charge is 0.158 e. The van der Waals surface area contributed by atoms with Gasteiger partial charge in [-0.1, -0.05) is 23.2 Å². The molecule has 3 rings (SSSR count). The second-order valence-electron chi connectivity index (χ2n) is 4.80. The first-order chi connectivity index (χ1) is 9.10. The van der Waals surface area contributed by atoms with Gasteiger partial charge in [-0.15, -0.1) is 0 Å². The van der Waals surface area contributed by atoms with Crippen molar-refractivity contribution in [1.82, 2.24) is 15.5 Å². The molecular formula is C12H16Cl2N4O. The number of hydrogen-bond acceptors (Lipinski definition) is 5. The molecule has 1 spiro atoms. The fraction of sp³-hybridized carbons (Fsp3) is 0.500. The Labute approximate surface area is 122 Å². The van der Waals surface area contributed by atoms with Crippen molar-refractivity contribution < 1.29 is 4.74 Å². The summed E-state index contributed by atoms with van der Waals surface area (Å²) >= 11 is 12.7. The van der Waals surface area contributed by atoms with E-state index >= 15 is 0 Å². The average molecular weight is 303 g/mol. The quantitative estimate of drug-likeness (QED) is 0.736. The summed E-state index contributed by atoms with van der Waals surface area (Å²) in [6, 6.07) is 1.92. The number of methoxy groups -OCH3 is 1. The molecule has 2 heterocycles. The molecule has 2 aliphatic heterocycles. The number of nitrogens with one attached hydrogen (secondary N) is 3. The van der Waals surface area contributed by atoms with Crippen LogP contribution in [0.3, 0.4) is 0 Å². The molecule has 1 aromatic carbocycles. The number of rotatable bonds is 1. The van der Waals surface area contributed by atoms with Crippen molar-refractivity contribution in [3.63, 3.8) is 0 Å². The van der Waals surface area contributed by atoms with Crippen molar-refractivity contribution in [3.8, 4) is 5.75 Å². The number of anilines is 1. The third-order valence-electron chi connectivity index (χ3n) is 3.86. The summed E-state index contributed by atoms with van der Waals surface area (Å²) in [5.74, 6) is 0.514. The van der Waals surface area contributed by atoms with Gasteiger partial charge in [0, 0.05) is 18.8 Å². The van der Waals surface area contributed by atoms with Crippen LogP contribution in [0.2, 0.25) is 10.0 Å². The van der Waals surface area contributed by atoms with Crippen LogP contribution in [0.5, 0.6) is 5.75 Å². The number of hydrogen-bond donors (Lipinski definition) is 3. The monoisotopic (exact) mass is 302 g/mol. The first kappa shape index (κ1) is 13.3. The van der Waals surface area contributed by atoms with Crippen LogP contribution in [-0.4, -0.2) is 38.9 Å². The molecular weight excluding hydrogens is 287 g/mol. The number of likely N-dealkylation sites (N-methyl/N-ethyl adjacent to an activating group) is 1. The highest BCUT2D eigenvalue weighted by Crippen LogP contribution is 2.47. The van der Waals surface area contributed by atoms with Crippen molar-refractivity contribution in [2.24, 2.45) is 0 Å². The zero-order chi connectivity index (χ0) is 13.6. The van der Waals surface area contributed by atoms with E-state index in [1.54, 1.807) is 7.11 Å². The van der Waals surface area contributed by atoms with Gasteiger partial charge in [0.15, 0.2) is 5.75 Å². The highest BCUT2D eigenvalue weighted by atomic mass is 35.5. The largest absolute Gasteiger partial charge is 0.494 e. The number of halogens is 2. The molecule has 0 aliphatic carbocycles. The van der Waals surface area contributed by atoms with Crippen LogP contribution >= 0.6 is 23.2 Å². The van der Waals surface area contributed by atoms with Gasteiger partial charge in [0.25, 0.3) is 0 Å². The fourth-order valence-corrected chi connectivity index (χ4v) is 3.48. The Morgan fingerprint density at radius 2 is 2.21 bits per heavy atom. The van der Waals surface area contributed by atoms with E-state index in [-0.39, 0.29) is 5.66 Å². The highest BCUT2D eigenvalue weighted by Gasteiger charge is 2.44. The maximum atomic E-state index is 6.40. The Balaban J connectivity index is 2.21. The van der Waals surface area contributed by atoms with Gasteiger partial charge in [0.05, 0.1) is 24.5 Å². The highest BCUT2D eigenvalue weighted by molar-refractivity contribution is 6.39. The lowest BCUT2D eigenvalue weighted by atomic mass is 9.94. The van der Waals surface area contributed by atoms with Crippen molar-refractivity contribution in [1.29, 1.82) is 0 Å². The number of ether oxygens (including phenoxy) is 1. The van der Waals surface area contributed by atoms with Crippen molar-refractivity contribution in [2.75, 3.05) is 39.4 Å². The second-order valence-corrected chi connectivity index (χ2v) is 5.59. The van der Waals surface area contributed by atoms with E-state index in [0.29, 0.717) is 22.5 Å². The molecule has 1 fully saturated rings. The topological polar surface area (TPSA) is 48.6 Å². The number of fused-ring (bicyclic) bond motifs is 2. The third-order valence-corrected chi connectivity index (χ3v) is 4.50. The summed E-state index contributed by atoms with van der Waals surface area (Å²) in [5.41, 5.74) is 1.65. The van der Waals surface area contributed by atoms with Crippen LogP contribution in [0.15, 0.2) is 6.07 Å². The van der Waals surface area contributed by atoms with Gasteiger partial charge in [-0.05, 0) is 13.1 Å². The van der Waals surface area contributed by atoms with Crippen LogP contribution in [-0.2, 0) is 5.66 Å². The van der Waals surface area contributed by atoms with E-state index in [1.807, 2.05) is 6.07 Å². The molecule has 1 unspecified atom stereocenters. The summed E-state index contributed by atoms with van der Waals surface area (Å²) in [6.45, 7) is 2.26.